The van der Waals surface area contributed by atoms with Crippen LogP contribution in [0.5, 0.6) is 0 Å². The van der Waals surface area contributed by atoms with Crippen molar-refractivity contribution >= 4 is 56.5 Å². The molecule has 1 N–H and O–H groups in total. The highest BCUT2D eigenvalue weighted by Crippen LogP contribution is 2.36. The van der Waals surface area contributed by atoms with Crippen LogP contribution in [0.3, 0.4) is 0 Å². The lowest BCUT2D eigenvalue weighted by Crippen LogP contribution is -2.25. The van der Waals surface area contributed by atoms with Crippen LogP contribution >= 0.6 is 34.7 Å². The number of carbonyl (C=O) groups excluding carboxylic acids is 1. The number of thiophene rings is 1. The number of nitrogens with zero attached hydrogens (tertiary/aromatic N) is 2. The molecule has 5 nitrogen and oxygen atoms in total. The summed E-state index contributed by atoms with van der Waals surface area (Å²) in [5.74, 6) is -0.154. The lowest BCUT2D eigenvalue weighted by Gasteiger charge is -2.15. The maximum absolute atomic E-state index is 12.9. The van der Waals surface area contributed by atoms with Crippen molar-refractivity contribution in [1.29, 1.82) is 0 Å². The molecule has 1 unspecified atom stereocenters. The van der Waals surface area contributed by atoms with Gasteiger partial charge in [0.15, 0.2) is 5.16 Å². The summed E-state index contributed by atoms with van der Waals surface area (Å²) in [6, 6.07) is 5.39. The zero-order valence-electron chi connectivity index (χ0n) is 15.8. The molecule has 0 aliphatic heterocycles. The van der Waals surface area contributed by atoms with Crippen molar-refractivity contribution in [2.75, 3.05) is 5.32 Å². The van der Waals surface area contributed by atoms with E-state index in [1.807, 2.05) is 19.9 Å². The Morgan fingerprint density at radius 3 is 2.96 bits per heavy atom. The minimum Gasteiger partial charge on any atom is -0.325 e. The third-order valence-corrected chi connectivity index (χ3v) is 7.58. The predicted molar refractivity (Wildman–Crippen MR) is 117 cm³/mol. The van der Waals surface area contributed by atoms with Gasteiger partial charge >= 0.3 is 0 Å². The fourth-order valence-corrected chi connectivity index (χ4v) is 5.73. The van der Waals surface area contributed by atoms with Crippen molar-refractivity contribution in [2.24, 2.45) is 7.05 Å². The van der Waals surface area contributed by atoms with Crippen LogP contribution in [0.4, 0.5) is 5.69 Å². The summed E-state index contributed by atoms with van der Waals surface area (Å²) in [7, 11) is 1.72. The first kappa shape index (κ1) is 19.5. The van der Waals surface area contributed by atoms with E-state index in [9.17, 15) is 9.59 Å². The molecule has 146 valence electrons. The van der Waals surface area contributed by atoms with Crippen molar-refractivity contribution in [3.63, 3.8) is 0 Å². The molecule has 8 heteroatoms. The second-order valence-corrected chi connectivity index (χ2v) is 9.83. The minimum absolute atomic E-state index is 0.0230. The zero-order chi connectivity index (χ0) is 20.0. The lowest BCUT2D eigenvalue weighted by molar-refractivity contribution is -0.115. The smallest absolute Gasteiger partial charge is 0.262 e. The van der Waals surface area contributed by atoms with Crippen LogP contribution in [0.2, 0.25) is 5.02 Å². The number of aromatic nitrogens is 2. The number of anilines is 1. The summed E-state index contributed by atoms with van der Waals surface area (Å²) in [5.41, 5.74) is 2.78. The van der Waals surface area contributed by atoms with Gasteiger partial charge in [-0.2, -0.15) is 0 Å². The standard InChI is InChI=1S/C20H20ClN3O2S2/c1-10-7-8-12(21)9-14(10)22-17(25)11(2)27-20-23-18-16(19(26)24(20)3)13-5-4-6-15(13)28-18/h7-9,11H,4-6H2,1-3H3,(H,22,25). The number of halogens is 1. The van der Waals surface area contributed by atoms with E-state index >= 15 is 0 Å². The van der Waals surface area contributed by atoms with Crippen LogP contribution in [0, 0.1) is 6.92 Å². The molecule has 0 bridgehead atoms. The van der Waals surface area contributed by atoms with E-state index < -0.39 is 5.25 Å². The molecule has 3 aromatic rings. The molecule has 2 aromatic heterocycles. The van der Waals surface area contributed by atoms with E-state index in [4.69, 9.17) is 16.6 Å². The first-order valence-electron chi connectivity index (χ1n) is 9.10. The molecule has 0 fully saturated rings. The highest BCUT2D eigenvalue weighted by molar-refractivity contribution is 8.00. The molecular weight excluding hydrogens is 414 g/mol. The fraction of sp³-hybridized carbons (Fsp3) is 0.350. The van der Waals surface area contributed by atoms with Gasteiger partial charge in [0.25, 0.3) is 5.56 Å². The van der Waals surface area contributed by atoms with E-state index in [0.717, 1.165) is 35.0 Å². The molecule has 2 heterocycles. The number of carbonyl (C=O) groups is 1. The van der Waals surface area contributed by atoms with Crippen LogP contribution in [-0.2, 0) is 24.7 Å². The van der Waals surface area contributed by atoms with Crippen LogP contribution in [-0.4, -0.2) is 20.7 Å². The number of amides is 1. The third-order valence-electron chi connectivity index (χ3n) is 5.01. The molecule has 1 amide bonds. The highest BCUT2D eigenvalue weighted by Gasteiger charge is 2.24. The van der Waals surface area contributed by atoms with Crippen LogP contribution in [0.15, 0.2) is 28.2 Å². The van der Waals surface area contributed by atoms with Gasteiger partial charge < -0.3 is 5.32 Å². The summed E-state index contributed by atoms with van der Waals surface area (Å²) in [5, 5.41) is 4.39. The summed E-state index contributed by atoms with van der Waals surface area (Å²) in [6.07, 6.45) is 3.09. The third kappa shape index (κ3) is 3.47. The minimum atomic E-state index is -0.416. The Hall–Kier alpha value is -1.83. The number of aryl methyl sites for hydroxylation is 3. The van der Waals surface area contributed by atoms with E-state index in [0.29, 0.717) is 15.9 Å². The molecule has 0 radical (unpaired) electrons. The van der Waals surface area contributed by atoms with Gasteiger partial charge in [0, 0.05) is 22.6 Å². The summed E-state index contributed by atoms with van der Waals surface area (Å²) >= 11 is 8.93. The fourth-order valence-electron chi connectivity index (χ4n) is 3.39. The molecule has 4 rings (SSSR count). The Kier molecular flexibility index (Phi) is 5.24. The van der Waals surface area contributed by atoms with E-state index in [1.165, 1.54) is 22.2 Å². The molecule has 0 saturated heterocycles. The maximum Gasteiger partial charge on any atom is 0.262 e. The average molecular weight is 434 g/mol. The van der Waals surface area contributed by atoms with Gasteiger partial charge in [0.2, 0.25) is 5.91 Å². The van der Waals surface area contributed by atoms with Crippen LogP contribution < -0.4 is 10.9 Å². The normalized spacial score (nSPS) is 14.3. The van der Waals surface area contributed by atoms with Gasteiger partial charge in [-0.1, -0.05) is 29.4 Å². The Morgan fingerprint density at radius 2 is 2.18 bits per heavy atom. The Morgan fingerprint density at radius 1 is 1.39 bits per heavy atom. The van der Waals surface area contributed by atoms with Crippen molar-refractivity contribution in [3.05, 3.63) is 49.6 Å². The maximum atomic E-state index is 12.9. The van der Waals surface area contributed by atoms with Crippen LogP contribution in [0.1, 0.15) is 29.3 Å². The number of fused-ring (bicyclic) bond motifs is 3. The number of thioether (sulfide) groups is 1. The molecule has 1 atom stereocenters. The largest absolute Gasteiger partial charge is 0.325 e. The first-order chi connectivity index (χ1) is 13.3. The first-order valence-corrected chi connectivity index (χ1v) is 11.2. The van der Waals surface area contributed by atoms with Gasteiger partial charge in [-0.3, -0.25) is 14.2 Å². The highest BCUT2D eigenvalue weighted by atomic mass is 35.5. The summed E-state index contributed by atoms with van der Waals surface area (Å²) in [4.78, 5) is 32.3. The molecule has 1 aromatic carbocycles. The van der Waals surface area contributed by atoms with Gasteiger partial charge in [-0.15, -0.1) is 11.3 Å². The Balaban J connectivity index is 1.59. The van der Waals surface area contributed by atoms with E-state index in [2.05, 4.69) is 5.32 Å². The SMILES string of the molecule is Cc1ccc(Cl)cc1NC(=O)C(C)Sc1nc2sc3c(c2c(=O)n1C)CCC3. The van der Waals surface area contributed by atoms with Gasteiger partial charge in [-0.05, 0) is 56.4 Å². The molecule has 1 aliphatic carbocycles. The molecule has 28 heavy (non-hydrogen) atoms. The van der Waals surface area contributed by atoms with Crippen molar-refractivity contribution in [1.82, 2.24) is 9.55 Å². The number of rotatable bonds is 4. The van der Waals surface area contributed by atoms with Gasteiger partial charge in [-0.25, -0.2) is 4.98 Å². The lowest BCUT2D eigenvalue weighted by atomic mass is 10.2. The Labute approximate surface area is 176 Å². The molecular formula is C20H20ClN3O2S2. The van der Waals surface area contributed by atoms with Crippen molar-refractivity contribution < 1.29 is 4.79 Å². The van der Waals surface area contributed by atoms with Crippen molar-refractivity contribution in [3.8, 4) is 0 Å². The van der Waals surface area contributed by atoms with Crippen molar-refractivity contribution in [2.45, 2.75) is 43.5 Å². The molecule has 0 spiro atoms. The zero-order valence-corrected chi connectivity index (χ0v) is 18.2. The molecule has 1 aliphatic rings. The average Bonchev–Trinajstić information content (AvgIpc) is 3.23. The molecule has 0 saturated carbocycles. The van der Waals surface area contributed by atoms with Gasteiger partial charge in [0.1, 0.15) is 4.83 Å². The summed E-state index contributed by atoms with van der Waals surface area (Å²) in [6.45, 7) is 3.73. The number of hydrogen-bond acceptors (Lipinski definition) is 5. The topological polar surface area (TPSA) is 64.0 Å². The predicted octanol–water partition coefficient (Wildman–Crippen LogP) is 4.56. The second-order valence-electron chi connectivity index (χ2n) is 7.00. The van der Waals surface area contributed by atoms with E-state index in [1.54, 1.807) is 35.1 Å². The number of nitrogens with one attached hydrogen (secondary N) is 1. The van der Waals surface area contributed by atoms with E-state index in [-0.39, 0.29) is 11.5 Å². The van der Waals surface area contributed by atoms with Crippen LogP contribution in [0.25, 0.3) is 10.2 Å². The quantitative estimate of drug-likeness (QED) is 0.483. The number of benzene rings is 1. The monoisotopic (exact) mass is 433 g/mol. The second kappa shape index (κ2) is 7.54. The Bertz CT molecular complexity index is 1150. The summed E-state index contributed by atoms with van der Waals surface area (Å²) < 4.78 is 1.56. The van der Waals surface area contributed by atoms with Gasteiger partial charge in [0.05, 0.1) is 10.6 Å². The number of hydrogen-bond donors (Lipinski definition) is 1.